The highest BCUT2D eigenvalue weighted by molar-refractivity contribution is 6.30. The molecule has 13 nitrogen and oxygen atoms in total. The number of anilines is 3. The number of nitrogens with one attached hydrogen (secondary N) is 4. The maximum Gasteiger partial charge on any atom is 0.433 e. The zero-order valence-electron chi connectivity index (χ0n) is 36.7. The fourth-order valence-electron chi connectivity index (χ4n) is 10.6. The summed E-state index contributed by atoms with van der Waals surface area (Å²) in [6.07, 6.45) is -2.57. The third-order valence-electron chi connectivity index (χ3n) is 13.7. The van der Waals surface area contributed by atoms with Gasteiger partial charge in [-0.05, 0) is 90.4 Å². The second-order valence-corrected chi connectivity index (χ2v) is 19.5. The zero-order chi connectivity index (χ0) is 47.0. The first-order chi connectivity index (χ1) is 31.2. The topological polar surface area (TPSA) is 156 Å². The minimum atomic E-state index is -4.69. The first-order valence-electron chi connectivity index (χ1n) is 22.0. The van der Waals surface area contributed by atoms with Crippen LogP contribution in [0, 0.1) is 18.2 Å². The summed E-state index contributed by atoms with van der Waals surface area (Å²) >= 11 is 6.36. The molecule has 0 saturated carbocycles. The SMILES string of the molecule is Cc1cc(C(=O)N2CCN(c3ccc4c(c3)CN(C3CCC(=O)NC3=O)C4=O)CC2)ccc1NC(=O)[C@@H]1N[C@@H](CC(C)(C)C)[C@@]2(CNc3cc(C(F)(F)F)ncc32)[C@H]1c1cccc(Cl)c1F. The zero-order valence-corrected chi connectivity index (χ0v) is 37.5. The van der Waals surface area contributed by atoms with Crippen molar-refractivity contribution in [1.82, 2.24) is 25.4 Å². The van der Waals surface area contributed by atoms with Gasteiger partial charge in [0.1, 0.15) is 17.6 Å². The summed E-state index contributed by atoms with van der Waals surface area (Å²) in [5, 5.41) is 11.8. The summed E-state index contributed by atoms with van der Waals surface area (Å²) in [4.78, 5) is 75.2. The highest BCUT2D eigenvalue weighted by Gasteiger charge is 2.62. The number of benzene rings is 3. The number of fused-ring (bicyclic) bond motifs is 3. The summed E-state index contributed by atoms with van der Waals surface area (Å²) < 4.78 is 57.8. The quantitative estimate of drug-likeness (QED) is 0.116. The lowest BCUT2D eigenvalue weighted by molar-refractivity contribution is -0.141. The molecular weight excluding hydrogens is 880 g/mol. The average molecular weight is 929 g/mol. The van der Waals surface area contributed by atoms with Crippen LogP contribution in [0.3, 0.4) is 0 Å². The van der Waals surface area contributed by atoms with Gasteiger partial charge in [-0.1, -0.05) is 44.5 Å². The van der Waals surface area contributed by atoms with E-state index in [9.17, 15) is 37.1 Å². The molecule has 0 radical (unpaired) electrons. The first kappa shape index (κ1) is 45.1. The fourth-order valence-corrected chi connectivity index (χ4v) is 10.8. The molecule has 66 heavy (non-hydrogen) atoms. The van der Waals surface area contributed by atoms with E-state index in [2.05, 4.69) is 31.2 Å². The number of nitrogens with zero attached hydrogens (tertiary/aromatic N) is 4. The summed E-state index contributed by atoms with van der Waals surface area (Å²) in [6.45, 7) is 10.1. The number of amides is 5. The number of halogens is 5. The van der Waals surface area contributed by atoms with Gasteiger partial charge in [0.25, 0.3) is 11.8 Å². The second-order valence-electron chi connectivity index (χ2n) is 19.1. The van der Waals surface area contributed by atoms with Gasteiger partial charge in [0.05, 0.1) is 11.1 Å². The molecule has 1 aromatic heterocycles. The summed E-state index contributed by atoms with van der Waals surface area (Å²) in [6, 6.07) is 13.8. The molecule has 5 atom stereocenters. The monoisotopic (exact) mass is 928 g/mol. The largest absolute Gasteiger partial charge is 0.433 e. The van der Waals surface area contributed by atoms with E-state index in [1.807, 2.05) is 32.9 Å². The molecule has 0 aliphatic carbocycles. The number of piperidine rings is 1. The van der Waals surface area contributed by atoms with Crippen molar-refractivity contribution >= 4 is 58.2 Å². The molecule has 1 unspecified atom stereocenters. The third-order valence-corrected chi connectivity index (χ3v) is 14.0. The fraction of sp³-hybridized carbons (Fsp3) is 0.417. The van der Waals surface area contributed by atoms with Gasteiger partial charge < -0.3 is 30.7 Å². The first-order valence-corrected chi connectivity index (χ1v) is 22.4. The summed E-state index contributed by atoms with van der Waals surface area (Å²) in [5.74, 6) is -3.41. The number of aromatic nitrogens is 1. The molecule has 1 spiro atoms. The Morgan fingerprint density at radius 3 is 2.44 bits per heavy atom. The number of pyridine rings is 1. The van der Waals surface area contributed by atoms with Crippen LogP contribution in [0.1, 0.15) is 94.6 Å². The van der Waals surface area contributed by atoms with Gasteiger partial charge >= 0.3 is 6.18 Å². The summed E-state index contributed by atoms with van der Waals surface area (Å²) in [7, 11) is 0. The van der Waals surface area contributed by atoms with E-state index in [4.69, 9.17) is 11.6 Å². The van der Waals surface area contributed by atoms with E-state index >= 15 is 4.39 Å². The van der Waals surface area contributed by atoms with Crippen LogP contribution in [0.25, 0.3) is 0 Å². The standard InChI is InChI=1S/C48H49ClF4N8O5/c1-25-18-26(44(65)60-16-14-59(15-17-60)28-9-10-29-27(19-28)23-61(45(29)66)35-12-13-38(62)58-42(35)63)8-11-33(25)56-43(64)41-39(30-6-5-7-32(49)40(30)50)47(37(57-41)21-46(2,3)4)24-55-34-20-36(48(51,52)53)54-22-31(34)47/h5-11,18-20,22,35,37,39,41,55,57H,12-17,21,23-24H2,1-4H3,(H,56,64)(H,58,62,63)/t35?,37-,39-,41+,47-/m0/s1. The molecule has 9 rings (SSSR count). The Morgan fingerprint density at radius 1 is 0.985 bits per heavy atom. The molecule has 3 saturated heterocycles. The van der Waals surface area contributed by atoms with Crippen LogP contribution >= 0.6 is 11.6 Å². The van der Waals surface area contributed by atoms with Gasteiger partial charge in [-0.3, -0.25) is 34.3 Å². The van der Waals surface area contributed by atoms with Crippen LogP contribution < -0.4 is 26.2 Å². The van der Waals surface area contributed by atoms with Crippen molar-refractivity contribution < 1.29 is 41.5 Å². The number of imide groups is 1. The van der Waals surface area contributed by atoms with E-state index in [1.54, 1.807) is 48.2 Å². The van der Waals surface area contributed by atoms with Crippen molar-refractivity contribution in [3.63, 3.8) is 0 Å². The maximum atomic E-state index is 16.3. The van der Waals surface area contributed by atoms with Crippen LogP contribution in [0.4, 0.5) is 34.6 Å². The van der Waals surface area contributed by atoms with Crippen molar-refractivity contribution in [3.8, 4) is 0 Å². The number of rotatable bonds is 7. The second kappa shape index (κ2) is 16.7. The van der Waals surface area contributed by atoms with Crippen molar-refractivity contribution in [1.29, 1.82) is 0 Å². The number of carbonyl (C=O) groups excluding carboxylic acids is 5. The van der Waals surface area contributed by atoms with Gasteiger partial charge in [-0.2, -0.15) is 13.2 Å². The van der Waals surface area contributed by atoms with E-state index in [0.29, 0.717) is 60.5 Å². The van der Waals surface area contributed by atoms with Gasteiger partial charge in [0, 0.05) is 103 Å². The lowest BCUT2D eigenvalue weighted by Crippen LogP contribution is -2.52. The normalized spacial score (nSPS) is 24.1. The Bertz CT molecular complexity index is 2680. The van der Waals surface area contributed by atoms with Crippen LogP contribution in [0.5, 0.6) is 0 Å². The molecule has 6 heterocycles. The molecular formula is C48H49ClF4N8O5. The average Bonchev–Trinajstić information content (AvgIpc) is 3.92. The Kier molecular flexibility index (Phi) is 11.4. The van der Waals surface area contributed by atoms with E-state index < -0.39 is 59.0 Å². The minimum absolute atomic E-state index is 0.100. The molecule has 346 valence electrons. The van der Waals surface area contributed by atoms with Crippen molar-refractivity contribution in [3.05, 3.63) is 117 Å². The van der Waals surface area contributed by atoms with E-state index in [0.717, 1.165) is 17.3 Å². The highest BCUT2D eigenvalue weighted by Crippen LogP contribution is 2.56. The lowest BCUT2D eigenvalue weighted by atomic mass is 9.63. The Labute approximate surface area is 383 Å². The molecule has 5 amide bonds. The molecule has 5 aliphatic heterocycles. The lowest BCUT2D eigenvalue weighted by Gasteiger charge is -2.39. The third kappa shape index (κ3) is 8.03. The van der Waals surface area contributed by atoms with Gasteiger partial charge in [-0.15, -0.1) is 0 Å². The summed E-state index contributed by atoms with van der Waals surface area (Å²) in [5.41, 5.74) is 1.94. The minimum Gasteiger partial charge on any atom is -0.384 e. The number of hydrogen-bond donors (Lipinski definition) is 4. The van der Waals surface area contributed by atoms with Crippen molar-refractivity contribution in [2.75, 3.05) is 48.3 Å². The van der Waals surface area contributed by atoms with Crippen LogP contribution in [-0.4, -0.2) is 95.2 Å². The Hall–Kier alpha value is -6.07. The Balaban J connectivity index is 0.913. The van der Waals surface area contributed by atoms with Gasteiger partial charge in [-0.25, -0.2) is 4.39 Å². The number of piperazine rings is 1. The Morgan fingerprint density at radius 2 is 1.74 bits per heavy atom. The molecule has 4 aromatic rings. The number of alkyl halides is 3. The van der Waals surface area contributed by atoms with E-state index in [1.165, 1.54) is 17.2 Å². The molecule has 5 aliphatic rings. The number of aryl methyl sites for hydroxylation is 1. The van der Waals surface area contributed by atoms with E-state index in [-0.39, 0.29) is 65.3 Å². The van der Waals surface area contributed by atoms with Gasteiger partial charge in [0.2, 0.25) is 17.7 Å². The predicted molar refractivity (Wildman–Crippen MR) is 239 cm³/mol. The smallest absolute Gasteiger partial charge is 0.384 e. The van der Waals surface area contributed by atoms with Crippen LogP contribution in [0.2, 0.25) is 5.02 Å². The predicted octanol–water partition coefficient (Wildman–Crippen LogP) is 6.79. The molecule has 3 aromatic carbocycles. The molecule has 3 fully saturated rings. The van der Waals surface area contributed by atoms with Crippen LogP contribution in [-0.2, 0) is 32.5 Å². The maximum absolute atomic E-state index is 16.3. The van der Waals surface area contributed by atoms with Crippen molar-refractivity contribution in [2.45, 2.75) is 89.1 Å². The highest BCUT2D eigenvalue weighted by atomic mass is 35.5. The number of hydrogen-bond acceptors (Lipinski definition) is 9. The van der Waals surface area contributed by atoms with Gasteiger partial charge in [0.15, 0.2) is 0 Å². The number of carbonyl (C=O) groups is 5. The van der Waals surface area contributed by atoms with Crippen LogP contribution in [0.15, 0.2) is 66.9 Å². The van der Waals surface area contributed by atoms with Crippen molar-refractivity contribution in [2.24, 2.45) is 5.41 Å². The molecule has 18 heteroatoms. The molecule has 0 bridgehead atoms. The molecule has 4 N–H and O–H groups in total.